The van der Waals surface area contributed by atoms with Gasteiger partial charge in [0.25, 0.3) is 0 Å². The maximum absolute atomic E-state index is 12.4. The van der Waals surface area contributed by atoms with Gasteiger partial charge in [-0.3, -0.25) is 9.59 Å². The number of piperazine rings is 1. The molecule has 23 heavy (non-hydrogen) atoms. The van der Waals surface area contributed by atoms with Gasteiger partial charge in [0.05, 0.1) is 0 Å². The fourth-order valence-corrected chi connectivity index (χ4v) is 3.66. The number of hydrogen-bond donors (Lipinski definition) is 0. The van der Waals surface area contributed by atoms with Crippen LogP contribution in [0.5, 0.6) is 0 Å². The maximum Gasteiger partial charge on any atom is 0.225 e. The minimum atomic E-state index is 0.210. The second-order valence-corrected chi connectivity index (χ2v) is 6.67. The number of nitrogens with zero attached hydrogens (tertiary/aromatic N) is 2. The van der Waals surface area contributed by atoms with E-state index in [1.165, 1.54) is 18.4 Å². The quantitative estimate of drug-likeness (QED) is 0.856. The van der Waals surface area contributed by atoms with Crippen LogP contribution < -0.4 is 0 Å². The molecule has 1 heterocycles. The largest absolute Gasteiger partial charge is 0.339 e. The Labute approximate surface area is 138 Å². The van der Waals surface area contributed by atoms with Gasteiger partial charge in [0.15, 0.2) is 0 Å². The van der Waals surface area contributed by atoms with Crippen LogP contribution in [0.4, 0.5) is 0 Å². The summed E-state index contributed by atoms with van der Waals surface area (Å²) >= 11 is 0. The molecular weight excluding hydrogens is 288 g/mol. The monoisotopic (exact) mass is 314 g/mol. The predicted molar refractivity (Wildman–Crippen MR) is 89.9 cm³/mol. The number of amides is 2. The SMILES string of the molecule is O=C(CCc1ccccc1)N1CCN(C(=O)C2CCCC2)CC1. The summed E-state index contributed by atoms with van der Waals surface area (Å²) in [4.78, 5) is 28.6. The standard InChI is InChI=1S/C19H26N2O2/c22-18(11-10-16-6-2-1-3-7-16)20-12-14-21(15-13-20)19(23)17-8-4-5-9-17/h1-3,6-7,17H,4-5,8-15H2. The molecule has 4 heteroatoms. The Morgan fingerprint density at radius 2 is 1.52 bits per heavy atom. The summed E-state index contributed by atoms with van der Waals surface area (Å²) in [6.45, 7) is 2.77. The molecule has 124 valence electrons. The Hall–Kier alpha value is -1.84. The first-order valence-corrected chi connectivity index (χ1v) is 8.84. The minimum absolute atomic E-state index is 0.210. The summed E-state index contributed by atoms with van der Waals surface area (Å²) in [5, 5.41) is 0. The first kappa shape index (κ1) is 16.0. The summed E-state index contributed by atoms with van der Waals surface area (Å²) < 4.78 is 0. The lowest BCUT2D eigenvalue weighted by Crippen LogP contribution is -2.51. The molecule has 0 bridgehead atoms. The molecule has 2 aliphatic rings. The molecule has 0 radical (unpaired) electrons. The van der Waals surface area contributed by atoms with E-state index in [1.54, 1.807) is 0 Å². The summed E-state index contributed by atoms with van der Waals surface area (Å²) in [5.74, 6) is 0.774. The highest BCUT2D eigenvalue weighted by Crippen LogP contribution is 2.27. The van der Waals surface area contributed by atoms with Crippen molar-refractivity contribution in [2.45, 2.75) is 38.5 Å². The van der Waals surface area contributed by atoms with Crippen LogP contribution in [0, 0.1) is 5.92 Å². The topological polar surface area (TPSA) is 40.6 Å². The molecule has 0 N–H and O–H groups in total. The van der Waals surface area contributed by atoms with Gasteiger partial charge in [0.1, 0.15) is 0 Å². The van der Waals surface area contributed by atoms with E-state index in [0.29, 0.717) is 38.5 Å². The van der Waals surface area contributed by atoms with Gasteiger partial charge >= 0.3 is 0 Å². The van der Waals surface area contributed by atoms with E-state index in [0.717, 1.165) is 19.3 Å². The number of carbonyl (C=O) groups excluding carboxylic acids is 2. The second-order valence-electron chi connectivity index (χ2n) is 6.67. The molecule has 0 unspecified atom stereocenters. The molecule has 1 aliphatic heterocycles. The number of carbonyl (C=O) groups is 2. The van der Waals surface area contributed by atoms with Crippen molar-refractivity contribution in [3.8, 4) is 0 Å². The number of aryl methyl sites for hydroxylation is 1. The van der Waals surface area contributed by atoms with Gasteiger partial charge < -0.3 is 9.80 Å². The smallest absolute Gasteiger partial charge is 0.225 e. The third-order valence-electron chi connectivity index (χ3n) is 5.12. The van der Waals surface area contributed by atoms with Gasteiger partial charge in [-0.2, -0.15) is 0 Å². The van der Waals surface area contributed by atoms with E-state index in [2.05, 4.69) is 12.1 Å². The summed E-state index contributed by atoms with van der Waals surface area (Å²) in [5.41, 5.74) is 1.20. The highest BCUT2D eigenvalue weighted by molar-refractivity contribution is 5.80. The predicted octanol–water partition coefficient (Wildman–Crippen LogP) is 2.48. The molecule has 1 aromatic carbocycles. The minimum Gasteiger partial charge on any atom is -0.339 e. The van der Waals surface area contributed by atoms with Crippen LogP contribution in [0.3, 0.4) is 0 Å². The van der Waals surface area contributed by atoms with Gasteiger partial charge in [0, 0.05) is 38.5 Å². The Morgan fingerprint density at radius 1 is 0.913 bits per heavy atom. The number of benzene rings is 1. The third kappa shape index (κ3) is 4.12. The van der Waals surface area contributed by atoms with Crippen molar-refractivity contribution in [1.82, 2.24) is 9.80 Å². The van der Waals surface area contributed by atoms with Crippen molar-refractivity contribution in [1.29, 1.82) is 0 Å². The van der Waals surface area contributed by atoms with E-state index in [9.17, 15) is 9.59 Å². The van der Waals surface area contributed by atoms with Gasteiger partial charge in [-0.1, -0.05) is 43.2 Å². The summed E-state index contributed by atoms with van der Waals surface area (Å²) in [7, 11) is 0. The van der Waals surface area contributed by atoms with Crippen molar-refractivity contribution in [3.63, 3.8) is 0 Å². The van der Waals surface area contributed by atoms with Crippen LogP contribution in [-0.4, -0.2) is 47.8 Å². The molecular formula is C19H26N2O2. The Bertz CT molecular complexity index is 530. The molecule has 3 rings (SSSR count). The van der Waals surface area contributed by atoms with E-state index >= 15 is 0 Å². The van der Waals surface area contributed by atoms with Crippen LogP contribution in [0.25, 0.3) is 0 Å². The van der Waals surface area contributed by atoms with Crippen molar-refractivity contribution in [2.24, 2.45) is 5.92 Å². The van der Waals surface area contributed by atoms with E-state index in [-0.39, 0.29) is 11.8 Å². The van der Waals surface area contributed by atoms with Crippen LogP contribution in [0.2, 0.25) is 0 Å². The molecule has 2 amide bonds. The lowest BCUT2D eigenvalue weighted by atomic mass is 10.1. The average Bonchev–Trinajstić information content (AvgIpc) is 3.15. The molecule has 0 atom stereocenters. The van der Waals surface area contributed by atoms with Crippen LogP contribution in [-0.2, 0) is 16.0 Å². The first-order chi connectivity index (χ1) is 11.2. The second kappa shape index (κ2) is 7.62. The highest BCUT2D eigenvalue weighted by Gasteiger charge is 2.30. The fourth-order valence-electron chi connectivity index (χ4n) is 3.66. The zero-order valence-corrected chi connectivity index (χ0v) is 13.7. The molecule has 1 aromatic rings. The average molecular weight is 314 g/mol. The van der Waals surface area contributed by atoms with Crippen LogP contribution >= 0.6 is 0 Å². The molecule has 0 spiro atoms. The molecule has 0 aromatic heterocycles. The van der Waals surface area contributed by atoms with E-state index in [4.69, 9.17) is 0 Å². The Kier molecular flexibility index (Phi) is 5.31. The summed E-state index contributed by atoms with van der Waals surface area (Å²) in [6.07, 6.45) is 5.83. The highest BCUT2D eigenvalue weighted by atomic mass is 16.2. The first-order valence-electron chi connectivity index (χ1n) is 8.84. The van der Waals surface area contributed by atoms with Crippen molar-refractivity contribution in [3.05, 3.63) is 35.9 Å². The van der Waals surface area contributed by atoms with Gasteiger partial charge in [-0.15, -0.1) is 0 Å². The van der Waals surface area contributed by atoms with Gasteiger partial charge in [-0.05, 0) is 24.8 Å². The molecule has 2 fully saturated rings. The summed E-state index contributed by atoms with van der Waals surface area (Å²) in [6, 6.07) is 10.1. The lowest BCUT2D eigenvalue weighted by molar-refractivity contribution is -0.142. The molecule has 1 aliphatic carbocycles. The van der Waals surface area contributed by atoms with E-state index < -0.39 is 0 Å². The Balaban J connectivity index is 1.43. The third-order valence-corrected chi connectivity index (χ3v) is 5.12. The zero-order valence-electron chi connectivity index (χ0n) is 13.7. The normalized spacial score (nSPS) is 19.1. The number of rotatable bonds is 4. The maximum atomic E-state index is 12.4. The van der Waals surface area contributed by atoms with Crippen molar-refractivity contribution >= 4 is 11.8 Å². The fraction of sp³-hybridized carbons (Fsp3) is 0.579. The van der Waals surface area contributed by atoms with Crippen LogP contribution in [0.15, 0.2) is 30.3 Å². The molecule has 1 saturated heterocycles. The lowest BCUT2D eigenvalue weighted by Gasteiger charge is -2.36. The Morgan fingerprint density at radius 3 is 2.17 bits per heavy atom. The molecule has 4 nitrogen and oxygen atoms in total. The van der Waals surface area contributed by atoms with Gasteiger partial charge in [0.2, 0.25) is 11.8 Å². The molecule has 1 saturated carbocycles. The van der Waals surface area contributed by atoms with E-state index in [1.807, 2.05) is 28.0 Å². The zero-order chi connectivity index (χ0) is 16.1. The van der Waals surface area contributed by atoms with Gasteiger partial charge in [-0.25, -0.2) is 0 Å². The van der Waals surface area contributed by atoms with Crippen molar-refractivity contribution < 1.29 is 9.59 Å². The van der Waals surface area contributed by atoms with Crippen molar-refractivity contribution in [2.75, 3.05) is 26.2 Å². The van der Waals surface area contributed by atoms with Crippen LogP contribution in [0.1, 0.15) is 37.7 Å². The number of hydrogen-bond acceptors (Lipinski definition) is 2.